The van der Waals surface area contributed by atoms with Gasteiger partial charge in [-0.1, -0.05) is 24.4 Å². The molecule has 1 aromatic carbocycles. The van der Waals surface area contributed by atoms with E-state index in [1.54, 1.807) is 6.07 Å². The Hall–Kier alpha value is -1.07. The minimum absolute atomic E-state index is 0.152. The number of hydrogen-bond donors (Lipinski definition) is 1. The highest BCUT2D eigenvalue weighted by Gasteiger charge is 2.15. The van der Waals surface area contributed by atoms with E-state index in [0.717, 1.165) is 6.07 Å². The summed E-state index contributed by atoms with van der Waals surface area (Å²) in [4.78, 5) is 2.23. The van der Waals surface area contributed by atoms with Gasteiger partial charge < -0.3 is 5.73 Å². The number of nitrogens with two attached hydrogens (primary N) is 1. The molecule has 0 unspecified atom stereocenters. The van der Waals surface area contributed by atoms with Crippen LogP contribution in [0.25, 0.3) is 0 Å². The Labute approximate surface area is 105 Å². The predicted octanol–water partition coefficient (Wildman–Crippen LogP) is 2.46. The molecule has 17 heavy (non-hydrogen) atoms. The largest absolute Gasteiger partial charge is 0.392 e. The highest BCUT2D eigenvalue weighted by Crippen LogP contribution is 2.15. The molecule has 0 bridgehead atoms. The molecule has 0 aliphatic carbocycles. The molecule has 94 valence electrons. The first-order valence-corrected chi connectivity index (χ1v) is 5.78. The predicted molar refractivity (Wildman–Crippen MR) is 68.7 cm³/mol. The molecule has 0 aliphatic heterocycles. The SMILES string of the molecule is CC(C)N(CC(N)=S)Cc1cccc(F)c1F. The van der Waals surface area contributed by atoms with Crippen LogP contribution in [-0.4, -0.2) is 22.5 Å². The van der Waals surface area contributed by atoms with Gasteiger partial charge in [-0.2, -0.15) is 0 Å². The fourth-order valence-electron chi connectivity index (χ4n) is 1.51. The first-order valence-electron chi connectivity index (χ1n) is 5.37. The molecule has 2 N–H and O–H groups in total. The lowest BCUT2D eigenvalue weighted by Gasteiger charge is -2.26. The van der Waals surface area contributed by atoms with E-state index in [-0.39, 0.29) is 6.04 Å². The van der Waals surface area contributed by atoms with Crippen molar-refractivity contribution in [2.75, 3.05) is 6.54 Å². The van der Waals surface area contributed by atoms with Gasteiger partial charge in [0.05, 0.1) is 4.99 Å². The molecule has 0 saturated carbocycles. The van der Waals surface area contributed by atoms with Crippen molar-refractivity contribution in [3.05, 3.63) is 35.4 Å². The maximum Gasteiger partial charge on any atom is 0.163 e. The molecular weight excluding hydrogens is 242 g/mol. The minimum atomic E-state index is -0.832. The van der Waals surface area contributed by atoms with Crippen LogP contribution in [0.1, 0.15) is 19.4 Å². The maximum absolute atomic E-state index is 13.5. The van der Waals surface area contributed by atoms with E-state index in [9.17, 15) is 8.78 Å². The summed E-state index contributed by atoms with van der Waals surface area (Å²) < 4.78 is 26.5. The van der Waals surface area contributed by atoms with E-state index >= 15 is 0 Å². The zero-order chi connectivity index (χ0) is 13.0. The standard InChI is InChI=1S/C12H16F2N2S/c1-8(2)16(7-11(15)17)6-9-4-3-5-10(13)12(9)14/h3-5,8H,6-7H2,1-2H3,(H2,15,17). The smallest absolute Gasteiger partial charge is 0.163 e. The van der Waals surface area contributed by atoms with E-state index in [1.165, 1.54) is 6.07 Å². The van der Waals surface area contributed by atoms with Crippen molar-refractivity contribution < 1.29 is 8.78 Å². The van der Waals surface area contributed by atoms with Crippen LogP contribution in [0.3, 0.4) is 0 Å². The zero-order valence-electron chi connectivity index (χ0n) is 9.91. The third kappa shape index (κ3) is 4.02. The molecular formula is C12H16F2N2S. The third-order valence-corrected chi connectivity index (χ3v) is 2.62. The number of benzene rings is 1. The van der Waals surface area contributed by atoms with Crippen molar-refractivity contribution in [2.45, 2.75) is 26.4 Å². The Morgan fingerprint density at radius 3 is 2.59 bits per heavy atom. The quantitative estimate of drug-likeness (QED) is 0.823. The van der Waals surface area contributed by atoms with Crippen LogP contribution in [0.15, 0.2) is 18.2 Å². The highest BCUT2D eigenvalue weighted by molar-refractivity contribution is 7.80. The zero-order valence-corrected chi connectivity index (χ0v) is 10.7. The second-order valence-electron chi connectivity index (χ2n) is 4.18. The number of thiocarbonyl (C=S) groups is 1. The topological polar surface area (TPSA) is 29.3 Å². The van der Waals surface area contributed by atoms with Gasteiger partial charge in [0.2, 0.25) is 0 Å². The highest BCUT2D eigenvalue weighted by atomic mass is 32.1. The summed E-state index contributed by atoms with van der Waals surface area (Å²) in [5.41, 5.74) is 5.79. The fraction of sp³-hybridized carbons (Fsp3) is 0.417. The first kappa shape index (κ1) is 14.0. The monoisotopic (exact) mass is 258 g/mol. The summed E-state index contributed by atoms with van der Waals surface area (Å²) in [6.07, 6.45) is 0. The van der Waals surface area contributed by atoms with Gasteiger partial charge in [-0.25, -0.2) is 8.78 Å². The van der Waals surface area contributed by atoms with Gasteiger partial charge in [0.25, 0.3) is 0 Å². The lowest BCUT2D eigenvalue weighted by atomic mass is 10.1. The van der Waals surface area contributed by atoms with Crippen molar-refractivity contribution in [3.8, 4) is 0 Å². The number of rotatable bonds is 5. The summed E-state index contributed by atoms with van der Waals surface area (Å²) >= 11 is 4.83. The lowest BCUT2D eigenvalue weighted by molar-refractivity contribution is 0.241. The van der Waals surface area contributed by atoms with Crippen molar-refractivity contribution in [2.24, 2.45) is 5.73 Å². The second-order valence-corrected chi connectivity index (χ2v) is 4.70. The minimum Gasteiger partial charge on any atom is -0.392 e. The van der Waals surface area contributed by atoms with Crippen LogP contribution in [0.4, 0.5) is 8.78 Å². The van der Waals surface area contributed by atoms with E-state index in [2.05, 4.69) is 0 Å². The Morgan fingerprint density at radius 1 is 1.41 bits per heavy atom. The van der Waals surface area contributed by atoms with Gasteiger partial charge in [0.15, 0.2) is 11.6 Å². The Balaban J connectivity index is 2.86. The lowest BCUT2D eigenvalue weighted by Crippen LogP contribution is -2.37. The average molecular weight is 258 g/mol. The molecule has 1 rings (SSSR count). The molecule has 0 fully saturated rings. The normalized spacial score (nSPS) is 11.2. The Bertz CT molecular complexity index is 407. The molecule has 0 saturated heterocycles. The molecule has 0 radical (unpaired) electrons. The van der Waals surface area contributed by atoms with Gasteiger partial charge in [0, 0.05) is 24.7 Å². The van der Waals surface area contributed by atoms with E-state index in [1.807, 2.05) is 18.7 Å². The van der Waals surface area contributed by atoms with Crippen molar-refractivity contribution in [1.29, 1.82) is 0 Å². The van der Waals surface area contributed by atoms with Crippen LogP contribution in [0.5, 0.6) is 0 Å². The van der Waals surface area contributed by atoms with Crippen molar-refractivity contribution in [1.82, 2.24) is 4.90 Å². The van der Waals surface area contributed by atoms with Gasteiger partial charge >= 0.3 is 0 Å². The maximum atomic E-state index is 13.5. The second kappa shape index (κ2) is 6.02. The van der Waals surface area contributed by atoms with Gasteiger partial charge in [-0.15, -0.1) is 0 Å². The summed E-state index contributed by atoms with van der Waals surface area (Å²) in [7, 11) is 0. The molecule has 0 aromatic heterocycles. The Morgan fingerprint density at radius 2 is 2.06 bits per heavy atom. The summed E-state index contributed by atoms with van der Waals surface area (Å²) in [6, 6.07) is 4.31. The van der Waals surface area contributed by atoms with Crippen LogP contribution in [0, 0.1) is 11.6 Å². The summed E-state index contributed by atoms with van der Waals surface area (Å²) in [5, 5.41) is 0. The van der Waals surface area contributed by atoms with Crippen LogP contribution in [0.2, 0.25) is 0 Å². The van der Waals surface area contributed by atoms with Crippen LogP contribution in [-0.2, 0) is 6.54 Å². The van der Waals surface area contributed by atoms with Gasteiger partial charge in [-0.3, -0.25) is 4.90 Å². The number of nitrogens with zero attached hydrogens (tertiary/aromatic N) is 1. The number of hydrogen-bond acceptors (Lipinski definition) is 2. The summed E-state index contributed by atoms with van der Waals surface area (Å²) in [5.74, 6) is -1.64. The van der Waals surface area contributed by atoms with Crippen molar-refractivity contribution in [3.63, 3.8) is 0 Å². The molecule has 0 spiro atoms. The molecule has 1 aromatic rings. The number of halogens is 2. The molecule has 0 amide bonds. The third-order valence-electron chi connectivity index (χ3n) is 2.49. The molecule has 0 atom stereocenters. The van der Waals surface area contributed by atoms with E-state index in [4.69, 9.17) is 18.0 Å². The fourth-order valence-corrected chi connectivity index (χ4v) is 1.68. The molecule has 0 aliphatic rings. The van der Waals surface area contributed by atoms with Crippen LogP contribution >= 0.6 is 12.2 Å². The van der Waals surface area contributed by atoms with E-state index < -0.39 is 11.6 Å². The Kier molecular flexibility index (Phi) is 4.96. The van der Waals surface area contributed by atoms with Crippen LogP contribution < -0.4 is 5.73 Å². The van der Waals surface area contributed by atoms with Gasteiger partial charge in [-0.05, 0) is 19.9 Å². The van der Waals surface area contributed by atoms with Gasteiger partial charge in [0.1, 0.15) is 0 Å². The van der Waals surface area contributed by atoms with Crippen molar-refractivity contribution >= 4 is 17.2 Å². The first-order chi connectivity index (χ1) is 7.91. The molecule has 0 heterocycles. The average Bonchev–Trinajstić information content (AvgIpc) is 2.22. The summed E-state index contributed by atoms with van der Waals surface area (Å²) in [6.45, 7) is 4.59. The van der Waals surface area contributed by atoms with E-state index in [0.29, 0.717) is 23.6 Å². The molecule has 2 nitrogen and oxygen atoms in total. The molecule has 5 heteroatoms.